The maximum Gasteiger partial charge on any atom is 0.320 e. The van der Waals surface area contributed by atoms with Gasteiger partial charge in [-0.1, -0.05) is 0 Å². The molecular formula is C9H13N3O2. The molecule has 76 valence electrons. The predicted octanol–water partition coefficient (Wildman–Crippen LogP) is 0.287. The van der Waals surface area contributed by atoms with E-state index < -0.39 is 5.97 Å². The minimum Gasteiger partial charge on any atom is -0.462 e. The number of carbonyl (C=O) groups excluding carboxylic acids is 1. The van der Waals surface area contributed by atoms with E-state index in [1.54, 1.807) is 13.8 Å². The molecule has 0 spiro atoms. The second kappa shape index (κ2) is 6.88. The molecule has 0 unspecified atom stereocenters. The third kappa shape index (κ3) is 5.99. The van der Waals surface area contributed by atoms with Crippen LogP contribution >= 0.6 is 0 Å². The summed E-state index contributed by atoms with van der Waals surface area (Å²) in [5.41, 5.74) is 0. The number of esters is 1. The SMILES string of the molecule is CC(C)OC(=O)CN(CC#N)CC#N. The zero-order chi connectivity index (χ0) is 11.0. The molecule has 0 saturated heterocycles. The van der Waals surface area contributed by atoms with Crippen LogP contribution in [0.15, 0.2) is 0 Å². The van der Waals surface area contributed by atoms with E-state index in [1.165, 1.54) is 4.90 Å². The van der Waals surface area contributed by atoms with E-state index in [0.29, 0.717) is 0 Å². The molecule has 0 aliphatic carbocycles. The Morgan fingerprint density at radius 1 is 1.36 bits per heavy atom. The van der Waals surface area contributed by atoms with Crippen LogP contribution in [0.25, 0.3) is 0 Å². The van der Waals surface area contributed by atoms with Gasteiger partial charge < -0.3 is 4.74 Å². The van der Waals surface area contributed by atoms with Crippen molar-refractivity contribution in [3.63, 3.8) is 0 Å². The van der Waals surface area contributed by atoms with Crippen LogP contribution in [0.3, 0.4) is 0 Å². The van der Waals surface area contributed by atoms with E-state index in [2.05, 4.69) is 0 Å². The Bertz CT molecular complexity index is 246. The average molecular weight is 195 g/mol. The third-order valence-electron chi connectivity index (χ3n) is 1.31. The van der Waals surface area contributed by atoms with E-state index in [1.807, 2.05) is 12.1 Å². The van der Waals surface area contributed by atoms with Crippen molar-refractivity contribution in [2.24, 2.45) is 0 Å². The molecule has 0 radical (unpaired) electrons. The number of hydrogen-bond donors (Lipinski definition) is 0. The zero-order valence-corrected chi connectivity index (χ0v) is 8.36. The Morgan fingerprint density at radius 3 is 2.21 bits per heavy atom. The van der Waals surface area contributed by atoms with Crippen molar-refractivity contribution >= 4 is 5.97 Å². The minimum absolute atomic E-state index is 0.0146. The van der Waals surface area contributed by atoms with Crippen molar-refractivity contribution in [2.45, 2.75) is 20.0 Å². The molecule has 0 heterocycles. The summed E-state index contributed by atoms with van der Waals surface area (Å²) >= 11 is 0. The topological polar surface area (TPSA) is 77.1 Å². The summed E-state index contributed by atoms with van der Waals surface area (Å²) in [6.45, 7) is 3.59. The summed E-state index contributed by atoms with van der Waals surface area (Å²) in [5.74, 6) is -0.412. The highest BCUT2D eigenvalue weighted by Crippen LogP contribution is 1.93. The molecule has 0 bridgehead atoms. The van der Waals surface area contributed by atoms with Crippen LogP contribution in [0.2, 0.25) is 0 Å². The zero-order valence-electron chi connectivity index (χ0n) is 8.36. The van der Waals surface area contributed by atoms with Crippen molar-refractivity contribution < 1.29 is 9.53 Å². The molecule has 0 aromatic rings. The molecule has 0 rings (SSSR count). The Hall–Kier alpha value is -1.59. The predicted molar refractivity (Wildman–Crippen MR) is 48.9 cm³/mol. The fraction of sp³-hybridized carbons (Fsp3) is 0.667. The van der Waals surface area contributed by atoms with Gasteiger partial charge in [0, 0.05) is 0 Å². The van der Waals surface area contributed by atoms with Gasteiger partial charge in [-0.3, -0.25) is 9.69 Å². The van der Waals surface area contributed by atoms with Crippen molar-refractivity contribution in [1.29, 1.82) is 10.5 Å². The lowest BCUT2D eigenvalue weighted by atomic mass is 10.4. The Kier molecular flexibility index (Phi) is 6.09. The van der Waals surface area contributed by atoms with Crippen LogP contribution in [-0.2, 0) is 9.53 Å². The second-order valence-corrected chi connectivity index (χ2v) is 3.00. The number of rotatable bonds is 5. The maximum absolute atomic E-state index is 11.1. The minimum atomic E-state index is -0.412. The van der Waals surface area contributed by atoms with E-state index in [9.17, 15) is 4.79 Å². The molecule has 5 heteroatoms. The number of ether oxygens (including phenoxy) is 1. The van der Waals surface area contributed by atoms with Crippen molar-refractivity contribution in [2.75, 3.05) is 19.6 Å². The molecule has 0 amide bonds. The van der Waals surface area contributed by atoms with Crippen LogP contribution < -0.4 is 0 Å². The highest BCUT2D eigenvalue weighted by Gasteiger charge is 2.11. The number of carbonyl (C=O) groups is 1. The highest BCUT2D eigenvalue weighted by atomic mass is 16.5. The first-order chi connectivity index (χ1) is 6.60. The summed E-state index contributed by atoms with van der Waals surface area (Å²) in [7, 11) is 0. The van der Waals surface area contributed by atoms with E-state index in [-0.39, 0.29) is 25.7 Å². The van der Waals surface area contributed by atoms with Crippen LogP contribution in [0.4, 0.5) is 0 Å². The molecule has 0 N–H and O–H groups in total. The van der Waals surface area contributed by atoms with Gasteiger partial charge in [-0.15, -0.1) is 0 Å². The van der Waals surface area contributed by atoms with Crippen molar-refractivity contribution in [3.8, 4) is 12.1 Å². The van der Waals surface area contributed by atoms with Gasteiger partial charge in [0.15, 0.2) is 0 Å². The number of nitrogens with zero attached hydrogens (tertiary/aromatic N) is 3. The number of hydrogen-bond acceptors (Lipinski definition) is 5. The van der Waals surface area contributed by atoms with Crippen molar-refractivity contribution in [1.82, 2.24) is 4.90 Å². The fourth-order valence-corrected chi connectivity index (χ4v) is 0.850. The van der Waals surface area contributed by atoms with Gasteiger partial charge in [0.05, 0.1) is 37.9 Å². The van der Waals surface area contributed by atoms with E-state index in [0.717, 1.165) is 0 Å². The molecule has 0 atom stereocenters. The normalized spacial score (nSPS) is 9.57. The van der Waals surface area contributed by atoms with Gasteiger partial charge in [0.25, 0.3) is 0 Å². The second-order valence-electron chi connectivity index (χ2n) is 3.00. The van der Waals surface area contributed by atoms with Gasteiger partial charge in [0.2, 0.25) is 0 Å². The molecule has 14 heavy (non-hydrogen) atoms. The standard InChI is InChI=1S/C9H13N3O2/c1-8(2)14-9(13)7-12(5-3-10)6-4-11/h8H,5-7H2,1-2H3. The first-order valence-electron chi connectivity index (χ1n) is 4.26. The lowest BCUT2D eigenvalue weighted by molar-refractivity contribution is -0.148. The lowest BCUT2D eigenvalue weighted by Gasteiger charge is -2.15. The van der Waals surface area contributed by atoms with Gasteiger partial charge in [-0.2, -0.15) is 10.5 Å². The Labute approximate surface area is 83.5 Å². The van der Waals surface area contributed by atoms with Crippen LogP contribution in [-0.4, -0.2) is 36.6 Å². The summed E-state index contributed by atoms with van der Waals surface area (Å²) in [5, 5.41) is 16.8. The largest absolute Gasteiger partial charge is 0.462 e. The summed E-state index contributed by atoms with van der Waals surface area (Å²) < 4.78 is 4.87. The molecule has 0 aliphatic rings. The van der Waals surface area contributed by atoms with Crippen molar-refractivity contribution in [3.05, 3.63) is 0 Å². The Balaban J connectivity index is 3.98. The maximum atomic E-state index is 11.1. The summed E-state index contributed by atoms with van der Waals surface area (Å²) in [6.07, 6.45) is -0.173. The Morgan fingerprint density at radius 2 is 1.86 bits per heavy atom. The molecule has 0 fully saturated rings. The smallest absolute Gasteiger partial charge is 0.320 e. The first-order valence-corrected chi connectivity index (χ1v) is 4.26. The van der Waals surface area contributed by atoms with Crippen LogP contribution in [0.1, 0.15) is 13.8 Å². The third-order valence-corrected chi connectivity index (χ3v) is 1.31. The average Bonchev–Trinajstić information content (AvgIpc) is 2.03. The molecule has 0 aromatic heterocycles. The molecule has 0 saturated carbocycles. The lowest BCUT2D eigenvalue weighted by Crippen LogP contribution is -2.32. The highest BCUT2D eigenvalue weighted by molar-refractivity contribution is 5.71. The summed E-state index contributed by atoms with van der Waals surface area (Å²) in [6, 6.07) is 3.76. The van der Waals surface area contributed by atoms with Gasteiger partial charge in [0.1, 0.15) is 0 Å². The van der Waals surface area contributed by atoms with Crippen LogP contribution in [0, 0.1) is 22.7 Å². The van der Waals surface area contributed by atoms with Gasteiger partial charge >= 0.3 is 5.97 Å². The van der Waals surface area contributed by atoms with Gasteiger partial charge in [-0.05, 0) is 13.8 Å². The van der Waals surface area contributed by atoms with E-state index in [4.69, 9.17) is 15.3 Å². The molecule has 0 aliphatic heterocycles. The van der Waals surface area contributed by atoms with Gasteiger partial charge in [-0.25, -0.2) is 0 Å². The fourth-order valence-electron chi connectivity index (χ4n) is 0.850. The summed E-state index contributed by atoms with van der Waals surface area (Å²) in [4.78, 5) is 12.6. The van der Waals surface area contributed by atoms with Crippen LogP contribution in [0.5, 0.6) is 0 Å². The molecule has 5 nitrogen and oxygen atoms in total. The molecule has 0 aromatic carbocycles. The van der Waals surface area contributed by atoms with E-state index >= 15 is 0 Å². The monoisotopic (exact) mass is 195 g/mol. The first kappa shape index (κ1) is 12.4. The quantitative estimate of drug-likeness (QED) is 0.465. The number of nitriles is 2. The molecular weight excluding hydrogens is 182 g/mol.